The molecule has 0 aromatic carbocycles. The summed E-state index contributed by atoms with van der Waals surface area (Å²) >= 11 is 0. The lowest BCUT2D eigenvalue weighted by atomic mass is 10.1. The maximum atomic E-state index is 12.2. The van der Waals surface area contributed by atoms with E-state index in [0.717, 1.165) is 25.9 Å². The molecule has 2 rings (SSSR count). The summed E-state index contributed by atoms with van der Waals surface area (Å²) in [5.74, 6) is 0.0766. The molecule has 0 aliphatic carbocycles. The van der Waals surface area contributed by atoms with E-state index >= 15 is 0 Å². The topological polar surface area (TPSA) is 38.1 Å². The molecule has 1 aromatic heterocycles. The molecule has 2 heterocycles. The Kier molecular flexibility index (Phi) is 3.22. The van der Waals surface area contributed by atoms with Crippen LogP contribution in [0.4, 0.5) is 0 Å². The van der Waals surface area contributed by atoms with Crippen LogP contribution in [-0.4, -0.2) is 33.7 Å². The normalized spacial score (nSPS) is 17.2. The summed E-state index contributed by atoms with van der Waals surface area (Å²) in [5.41, 5.74) is 0.502. The molecule has 4 heteroatoms. The molecule has 1 aliphatic heterocycles. The van der Waals surface area contributed by atoms with E-state index in [0.29, 0.717) is 5.69 Å². The van der Waals surface area contributed by atoms with Crippen LogP contribution in [0.15, 0.2) is 12.3 Å². The van der Waals surface area contributed by atoms with Crippen LogP contribution in [0.2, 0.25) is 0 Å². The van der Waals surface area contributed by atoms with E-state index in [2.05, 4.69) is 25.9 Å². The van der Waals surface area contributed by atoms with Gasteiger partial charge in [-0.15, -0.1) is 0 Å². The van der Waals surface area contributed by atoms with Crippen molar-refractivity contribution in [1.29, 1.82) is 0 Å². The molecule has 0 atom stereocenters. The van der Waals surface area contributed by atoms with Gasteiger partial charge in [0.2, 0.25) is 0 Å². The van der Waals surface area contributed by atoms with Crippen LogP contribution >= 0.6 is 0 Å². The highest BCUT2D eigenvalue weighted by atomic mass is 16.2. The molecular formula is C13H21N3O. The fourth-order valence-corrected chi connectivity index (χ4v) is 2.07. The predicted octanol–water partition coefficient (Wildman–Crippen LogP) is 2.26. The molecule has 1 aliphatic rings. The van der Waals surface area contributed by atoms with Crippen LogP contribution in [0.1, 0.15) is 50.5 Å². The largest absolute Gasteiger partial charge is 0.337 e. The van der Waals surface area contributed by atoms with Gasteiger partial charge >= 0.3 is 0 Å². The highest BCUT2D eigenvalue weighted by molar-refractivity contribution is 5.92. The fraction of sp³-hybridized carbons (Fsp3) is 0.692. The molecule has 0 radical (unpaired) electrons. The average Bonchev–Trinajstić information content (AvgIpc) is 2.78. The minimum atomic E-state index is -0.0690. The average molecular weight is 235 g/mol. The van der Waals surface area contributed by atoms with Gasteiger partial charge in [0.05, 0.1) is 5.54 Å². The predicted molar refractivity (Wildman–Crippen MR) is 67.0 cm³/mol. The number of rotatable bonds is 1. The Labute approximate surface area is 103 Å². The van der Waals surface area contributed by atoms with Crippen molar-refractivity contribution in [2.45, 2.75) is 45.6 Å². The minimum Gasteiger partial charge on any atom is -0.337 e. The molecule has 0 unspecified atom stereocenters. The Bertz CT molecular complexity index is 397. The van der Waals surface area contributed by atoms with E-state index in [-0.39, 0.29) is 11.4 Å². The molecule has 17 heavy (non-hydrogen) atoms. The third-order valence-electron chi connectivity index (χ3n) is 3.14. The maximum Gasteiger partial charge on any atom is 0.274 e. The van der Waals surface area contributed by atoms with Crippen LogP contribution in [-0.2, 0) is 5.54 Å². The van der Waals surface area contributed by atoms with E-state index in [1.165, 1.54) is 6.42 Å². The van der Waals surface area contributed by atoms with Gasteiger partial charge in [-0.2, -0.15) is 5.10 Å². The van der Waals surface area contributed by atoms with E-state index in [9.17, 15) is 4.79 Å². The van der Waals surface area contributed by atoms with E-state index < -0.39 is 0 Å². The third kappa shape index (κ3) is 2.68. The number of amides is 1. The van der Waals surface area contributed by atoms with Crippen molar-refractivity contribution in [3.63, 3.8) is 0 Å². The van der Waals surface area contributed by atoms with E-state index in [1.54, 1.807) is 0 Å². The van der Waals surface area contributed by atoms with Gasteiger partial charge in [-0.25, -0.2) is 0 Å². The summed E-state index contributed by atoms with van der Waals surface area (Å²) in [7, 11) is 0. The van der Waals surface area contributed by atoms with Crippen LogP contribution in [0.25, 0.3) is 0 Å². The first-order valence-electron chi connectivity index (χ1n) is 6.34. The number of likely N-dealkylation sites (tertiary alicyclic amines) is 1. The number of hydrogen-bond donors (Lipinski definition) is 0. The Hall–Kier alpha value is -1.32. The van der Waals surface area contributed by atoms with Crippen molar-refractivity contribution < 1.29 is 4.79 Å². The second-order valence-electron chi connectivity index (χ2n) is 5.67. The molecule has 0 saturated carbocycles. The maximum absolute atomic E-state index is 12.2. The summed E-state index contributed by atoms with van der Waals surface area (Å²) in [6.07, 6.45) is 5.36. The summed E-state index contributed by atoms with van der Waals surface area (Å²) in [6, 6.07) is 1.82. The standard InChI is InChI=1S/C13H21N3O/c1-13(2,3)16-10-7-11(14-16)12(17)15-8-5-4-6-9-15/h7,10H,4-6,8-9H2,1-3H3. The first-order valence-corrected chi connectivity index (χ1v) is 6.34. The van der Waals surface area contributed by atoms with Crippen LogP contribution < -0.4 is 0 Å². The van der Waals surface area contributed by atoms with Crippen molar-refractivity contribution in [3.05, 3.63) is 18.0 Å². The van der Waals surface area contributed by atoms with Gasteiger partial charge in [0, 0.05) is 19.3 Å². The highest BCUT2D eigenvalue weighted by Crippen LogP contribution is 2.15. The molecule has 4 nitrogen and oxygen atoms in total. The third-order valence-corrected chi connectivity index (χ3v) is 3.14. The summed E-state index contributed by atoms with van der Waals surface area (Å²) < 4.78 is 1.85. The molecular weight excluding hydrogens is 214 g/mol. The zero-order valence-electron chi connectivity index (χ0n) is 10.9. The fourth-order valence-electron chi connectivity index (χ4n) is 2.07. The number of carbonyl (C=O) groups excluding carboxylic acids is 1. The quantitative estimate of drug-likeness (QED) is 0.749. The first kappa shape index (κ1) is 12.1. The van der Waals surface area contributed by atoms with Crippen molar-refractivity contribution in [2.24, 2.45) is 0 Å². The zero-order valence-corrected chi connectivity index (χ0v) is 10.9. The molecule has 1 amide bonds. The monoisotopic (exact) mass is 235 g/mol. The molecule has 1 saturated heterocycles. The summed E-state index contributed by atoms with van der Waals surface area (Å²) in [5, 5.41) is 4.38. The smallest absolute Gasteiger partial charge is 0.274 e. The van der Waals surface area contributed by atoms with Gasteiger partial charge in [0.1, 0.15) is 5.69 Å². The van der Waals surface area contributed by atoms with E-state index in [1.807, 2.05) is 21.8 Å². The van der Waals surface area contributed by atoms with Gasteiger partial charge in [0.25, 0.3) is 5.91 Å². The number of hydrogen-bond acceptors (Lipinski definition) is 2. The summed E-state index contributed by atoms with van der Waals surface area (Å²) in [6.45, 7) is 7.99. The number of nitrogens with zero attached hydrogens (tertiary/aromatic N) is 3. The Morgan fingerprint density at radius 2 is 1.88 bits per heavy atom. The SMILES string of the molecule is CC(C)(C)n1ccc(C(=O)N2CCCCC2)n1. The highest BCUT2D eigenvalue weighted by Gasteiger charge is 2.22. The Morgan fingerprint density at radius 1 is 1.24 bits per heavy atom. The molecule has 1 fully saturated rings. The number of aromatic nitrogens is 2. The molecule has 1 aromatic rings. The molecule has 94 valence electrons. The second kappa shape index (κ2) is 4.51. The number of piperidine rings is 1. The molecule has 0 N–H and O–H groups in total. The second-order valence-corrected chi connectivity index (χ2v) is 5.67. The number of carbonyl (C=O) groups is 1. The van der Waals surface area contributed by atoms with Gasteiger partial charge in [-0.05, 0) is 46.1 Å². The van der Waals surface area contributed by atoms with E-state index in [4.69, 9.17) is 0 Å². The van der Waals surface area contributed by atoms with Crippen molar-refractivity contribution in [1.82, 2.24) is 14.7 Å². The van der Waals surface area contributed by atoms with Crippen LogP contribution in [0.5, 0.6) is 0 Å². The Morgan fingerprint density at radius 3 is 2.41 bits per heavy atom. The lowest BCUT2D eigenvalue weighted by molar-refractivity contribution is 0.0716. The van der Waals surface area contributed by atoms with Gasteiger partial charge in [-0.3, -0.25) is 9.48 Å². The van der Waals surface area contributed by atoms with Crippen molar-refractivity contribution >= 4 is 5.91 Å². The molecule has 0 spiro atoms. The van der Waals surface area contributed by atoms with Crippen LogP contribution in [0, 0.1) is 0 Å². The minimum absolute atomic E-state index is 0.0690. The Balaban J connectivity index is 2.11. The van der Waals surface area contributed by atoms with Crippen molar-refractivity contribution in [2.75, 3.05) is 13.1 Å². The lowest BCUT2D eigenvalue weighted by Crippen LogP contribution is -2.36. The van der Waals surface area contributed by atoms with Crippen molar-refractivity contribution in [3.8, 4) is 0 Å². The van der Waals surface area contributed by atoms with Crippen LogP contribution in [0.3, 0.4) is 0 Å². The zero-order chi connectivity index (χ0) is 12.5. The summed E-state index contributed by atoms with van der Waals surface area (Å²) in [4.78, 5) is 14.1. The molecule has 0 bridgehead atoms. The van der Waals surface area contributed by atoms with Gasteiger partial charge < -0.3 is 4.90 Å². The first-order chi connectivity index (χ1) is 7.98. The van der Waals surface area contributed by atoms with Gasteiger partial charge in [0.15, 0.2) is 0 Å². The lowest BCUT2D eigenvalue weighted by Gasteiger charge is -2.26. The van der Waals surface area contributed by atoms with Gasteiger partial charge in [-0.1, -0.05) is 0 Å².